The fourth-order valence-electron chi connectivity index (χ4n) is 4.97. The molecule has 286 valence electrons. The van der Waals surface area contributed by atoms with Crippen LogP contribution in [-0.2, 0) is 58.7 Å². The molecule has 53 heavy (non-hydrogen) atoms. The van der Waals surface area contributed by atoms with Gasteiger partial charge in [0.05, 0.1) is 12.6 Å². The van der Waals surface area contributed by atoms with Crippen LogP contribution in [-0.4, -0.2) is 66.9 Å². The molecule has 3 aromatic rings. The van der Waals surface area contributed by atoms with E-state index in [1.165, 1.54) is 55.5 Å². The van der Waals surface area contributed by atoms with Gasteiger partial charge in [-0.1, -0.05) is 48.5 Å². The van der Waals surface area contributed by atoms with Gasteiger partial charge in [-0.2, -0.15) is 0 Å². The molecule has 0 saturated carbocycles. The van der Waals surface area contributed by atoms with Gasteiger partial charge in [-0.15, -0.1) is 0 Å². The molecule has 19 nitrogen and oxygen atoms in total. The summed E-state index contributed by atoms with van der Waals surface area (Å²) in [5.41, 5.74) is 16.4. The highest BCUT2D eigenvalue weighted by atomic mass is 31.2. The van der Waals surface area contributed by atoms with Crippen LogP contribution >= 0.6 is 15.4 Å². The SMILES string of the molecule is C[C@@](Cc1ccc(CP(=O)(O)O)cc1)(NC(=O)[C@H](Cc1ccc(OP(=O)(O)O)cc1)NC(=O)OCc1cccc(N)c1)C(=O)N[C@@H](CC(N)=O)C(N)=O. The number of nitrogen functional groups attached to an aromatic ring is 1. The molecule has 3 atom stereocenters. The van der Waals surface area contributed by atoms with Gasteiger partial charge in [0, 0.05) is 18.5 Å². The third kappa shape index (κ3) is 14.7. The number of rotatable bonds is 18. The standard InChI is InChI=1S/C32H40N6O13P2/c1-32(30(42)36-25(28(35)40)15-27(34)39,16-20-5-7-21(8-6-20)18-52(44,45)46)38-29(41)26(14-19-9-11-24(12-10-19)51-53(47,48)49)37-31(43)50-17-22-3-2-4-23(33)13-22/h2-13,25-26H,14-18,33H2,1H3,(H2,34,39)(H2,35,40)(H,36,42)(H,37,43)(H,38,41)(H2,44,45,46)(H2,47,48,49)/t25-,26-,32-/m0/s1. The number of nitrogens with one attached hydrogen (secondary N) is 3. The number of primary amides is 2. The molecule has 21 heteroatoms. The Labute approximate surface area is 303 Å². The third-order valence-corrected chi connectivity index (χ3v) is 8.67. The maximum Gasteiger partial charge on any atom is 0.524 e. The maximum atomic E-state index is 14.0. The molecule has 0 aliphatic carbocycles. The summed E-state index contributed by atoms with van der Waals surface area (Å²) in [4.78, 5) is 101. The van der Waals surface area contributed by atoms with Crippen LogP contribution in [0.25, 0.3) is 0 Å². The third-order valence-electron chi connectivity index (χ3n) is 7.44. The van der Waals surface area contributed by atoms with Crippen molar-refractivity contribution >= 4 is 50.8 Å². The van der Waals surface area contributed by atoms with Gasteiger partial charge in [-0.05, 0) is 53.4 Å². The number of carbonyl (C=O) groups excluding carboxylic acids is 5. The zero-order valence-corrected chi connectivity index (χ0v) is 30.0. The van der Waals surface area contributed by atoms with E-state index in [0.717, 1.165) is 0 Å². The van der Waals surface area contributed by atoms with Crippen LogP contribution in [0.1, 0.15) is 35.6 Å². The van der Waals surface area contributed by atoms with Crippen molar-refractivity contribution in [2.45, 2.75) is 56.6 Å². The minimum atomic E-state index is -4.87. The number of hydrogen-bond acceptors (Lipinski definition) is 10. The summed E-state index contributed by atoms with van der Waals surface area (Å²) >= 11 is 0. The van der Waals surface area contributed by atoms with E-state index in [1.54, 1.807) is 24.3 Å². The van der Waals surface area contributed by atoms with Crippen LogP contribution in [0.2, 0.25) is 0 Å². The van der Waals surface area contributed by atoms with Crippen LogP contribution in [0.3, 0.4) is 0 Å². The highest BCUT2D eigenvalue weighted by molar-refractivity contribution is 7.50. The number of benzene rings is 3. The van der Waals surface area contributed by atoms with Gasteiger partial charge >= 0.3 is 21.5 Å². The van der Waals surface area contributed by atoms with Gasteiger partial charge in [0.25, 0.3) is 0 Å². The minimum absolute atomic E-state index is 0.186. The van der Waals surface area contributed by atoms with Gasteiger partial charge in [0.15, 0.2) is 0 Å². The molecule has 0 aliphatic rings. The van der Waals surface area contributed by atoms with Gasteiger partial charge < -0.3 is 52.2 Å². The Hall–Kier alpha value is -5.29. The monoisotopic (exact) mass is 778 g/mol. The summed E-state index contributed by atoms with van der Waals surface area (Å²) in [5.74, 6) is -4.17. The zero-order valence-electron chi connectivity index (χ0n) is 28.2. The van der Waals surface area contributed by atoms with E-state index in [0.29, 0.717) is 22.4 Å². The fourth-order valence-corrected chi connectivity index (χ4v) is 6.06. The highest BCUT2D eigenvalue weighted by Crippen LogP contribution is 2.39. The quantitative estimate of drug-likeness (QED) is 0.0610. The van der Waals surface area contributed by atoms with Gasteiger partial charge in [0.1, 0.15) is 30.0 Å². The van der Waals surface area contributed by atoms with E-state index in [1.807, 2.05) is 0 Å². The number of nitrogens with two attached hydrogens (primary N) is 3. The summed E-state index contributed by atoms with van der Waals surface area (Å²) < 4.78 is 32.6. The van der Waals surface area contributed by atoms with Crippen LogP contribution in [0.5, 0.6) is 5.75 Å². The summed E-state index contributed by atoms with van der Waals surface area (Å²) in [6.07, 6.45) is -2.80. The number of phosphoric ester groups is 1. The van der Waals surface area contributed by atoms with Crippen molar-refractivity contribution < 1.29 is 61.9 Å². The van der Waals surface area contributed by atoms with Crippen LogP contribution < -0.4 is 37.7 Å². The second-order valence-electron chi connectivity index (χ2n) is 12.2. The highest BCUT2D eigenvalue weighted by Gasteiger charge is 2.39. The lowest BCUT2D eigenvalue weighted by atomic mass is 9.90. The number of anilines is 1. The number of ether oxygens (including phenoxy) is 1. The molecule has 13 N–H and O–H groups in total. The first-order valence-corrected chi connectivity index (χ1v) is 18.9. The largest absolute Gasteiger partial charge is 0.524 e. The van der Waals surface area contributed by atoms with E-state index in [2.05, 4.69) is 20.5 Å². The summed E-state index contributed by atoms with van der Waals surface area (Å²) in [7, 11) is -9.27. The predicted molar refractivity (Wildman–Crippen MR) is 188 cm³/mol. The Bertz CT molecular complexity index is 1900. The lowest BCUT2D eigenvalue weighted by molar-refractivity contribution is -0.136. The molecule has 0 fully saturated rings. The van der Waals surface area contributed by atoms with Crippen LogP contribution in [0, 0.1) is 0 Å². The van der Waals surface area contributed by atoms with Gasteiger partial charge in [0.2, 0.25) is 23.6 Å². The van der Waals surface area contributed by atoms with Crippen LogP contribution in [0.15, 0.2) is 72.8 Å². The Balaban J connectivity index is 1.95. The molecule has 0 saturated heterocycles. The number of hydrogen-bond donors (Lipinski definition) is 10. The molecular formula is C32H40N6O13P2. The Morgan fingerprint density at radius 3 is 1.96 bits per heavy atom. The molecule has 0 heterocycles. The normalized spacial score (nSPS) is 13.8. The van der Waals surface area contributed by atoms with E-state index in [-0.39, 0.29) is 30.8 Å². The average molecular weight is 779 g/mol. The molecule has 3 aromatic carbocycles. The minimum Gasteiger partial charge on any atom is -0.445 e. The smallest absolute Gasteiger partial charge is 0.445 e. The molecule has 3 rings (SSSR count). The van der Waals surface area contributed by atoms with Crippen LogP contribution in [0.4, 0.5) is 10.5 Å². The van der Waals surface area contributed by atoms with Gasteiger partial charge in [-0.3, -0.25) is 33.5 Å². The van der Waals surface area contributed by atoms with E-state index in [4.69, 9.17) is 31.7 Å². The second-order valence-corrected chi connectivity index (χ2v) is 15.0. The number of phosphoric acid groups is 1. The van der Waals surface area contributed by atoms with Gasteiger partial charge in [-0.25, -0.2) is 9.36 Å². The number of carbonyl (C=O) groups is 5. The van der Waals surface area contributed by atoms with Crippen molar-refractivity contribution in [3.05, 3.63) is 95.1 Å². The molecule has 0 aliphatic heterocycles. The molecular weight excluding hydrogens is 738 g/mol. The maximum absolute atomic E-state index is 14.0. The molecule has 0 radical (unpaired) electrons. The number of amides is 5. The molecule has 5 amide bonds. The van der Waals surface area contributed by atoms with Crippen molar-refractivity contribution in [1.82, 2.24) is 16.0 Å². The summed E-state index contributed by atoms with van der Waals surface area (Å²) in [6, 6.07) is 14.4. The first-order chi connectivity index (χ1) is 24.6. The van der Waals surface area contributed by atoms with E-state index < -0.39 is 75.3 Å². The fraction of sp³-hybridized carbons (Fsp3) is 0.281. The Morgan fingerprint density at radius 1 is 0.811 bits per heavy atom. The number of alkyl carbamates (subject to hydrolysis) is 1. The van der Waals surface area contributed by atoms with Crippen molar-refractivity contribution in [3.63, 3.8) is 0 Å². The van der Waals surface area contributed by atoms with Crippen molar-refractivity contribution in [1.29, 1.82) is 0 Å². The Kier molecular flexibility index (Phi) is 14.3. The van der Waals surface area contributed by atoms with Crippen molar-refractivity contribution in [3.8, 4) is 5.75 Å². The molecule has 0 aromatic heterocycles. The predicted octanol–water partition coefficient (Wildman–Crippen LogP) is 0.219. The summed E-state index contributed by atoms with van der Waals surface area (Å²) in [6.45, 7) is 1.06. The second kappa shape index (κ2) is 18.0. The van der Waals surface area contributed by atoms with E-state index >= 15 is 0 Å². The average Bonchev–Trinajstić information content (AvgIpc) is 3.03. The zero-order chi connectivity index (χ0) is 39.6. The first kappa shape index (κ1) is 42.1. The lowest BCUT2D eigenvalue weighted by Gasteiger charge is -2.33. The van der Waals surface area contributed by atoms with Crippen molar-refractivity contribution in [2.24, 2.45) is 11.5 Å². The topological polar surface area (TPSA) is 333 Å². The molecule has 0 spiro atoms. The Morgan fingerprint density at radius 2 is 1.42 bits per heavy atom. The molecule has 0 bridgehead atoms. The lowest BCUT2D eigenvalue weighted by Crippen LogP contribution is -2.64. The van der Waals surface area contributed by atoms with E-state index in [9.17, 15) is 42.9 Å². The summed E-state index contributed by atoms with van der Waals surface area (Å²) in [5, 5.41) is 7.35. The molecule has 0 unspecified atom stereocenters. The van der Waals surface area contributed by atoms with Crippen molar-refractivity contribution in [2.75, 3.05) is 5.73 Å². The first-order valence-electron chi connectivity index (χ1n) is 15.6.